The highest BCUT2D eigenvalue weighted by molar-refractivity contribution is 6.03. The maximum Gasteiger partial charge on any atom is 0.251 e. The van der Waals surface area contributed by atoms with Crippen LogP contribution in [0.25, 0.3) is 0 Å². The van der Waals surface area contributed by atoms with Gasteiger partial charge in [0.25, 0.3) is 5.91 Å². The molecule has 0 fully saturated rings. The molecule has 0 radical (unpaired) electrons. The van der Waals surface area contributed by atoms with Crippen molar-refractivity contribution in [2.45, 2.75) is 12.5 Å². The third kappa shape index (κ3) is 3.97. The van der Waals surface area contributed by atoms with Gasteiger partial charge in [-0.2, -0.15) is 0 Å². The molecule has 0 saturated carbocycles. The van der Waals surface area contributed by atoms with E-state index in [2.05, 4.69) is 5.32 Å². The van der Waals surface area contributed by atoms with E-state index in [0.29, 0.717) is 28.4 Å². The number of anilines is 1. The van der Waals surface area contributed by atoms with Crippen LogP contribution in [0.2, 0.25) is 0 Å². The first-order valence-electron chi connectivity index (χ1n) is 9.05. The number of hydrogen-bond donors (Lipinski definition) is 2. The van der Waals surface area contributed by atoms with Gasteiger partial charge >= 0.3 is 0 Å². The first-order chi connectivity index (χ1) is 13.9. The van der Waals surface area contributed by atoms with Gasteiger partial charge in [-0.25, -0.2) is 0 Å². The van der Waals surface area contributed by atoms with E-state index < -0.39 is 6.10 Å². The number of nitrogens with one attached hydrogen (secondary N) is 1. The fraction of sp³-hybridized carbons (Fsp3) is 0.333. The number of likely N-dealkylation sites (N-methyl/N-ethyl adjacent to an activating group) is 1. The van der Waals surface area contributed by atoms with E-state index in [1.54, 1.807) is 42.3 Å². The molecule has 0 aliphatic carbocycles. The Bertz CT molecular complexity index is 918. The number of fused-ring (bicyclic) bond motifs is 1. The average Bonchev–Trinajstić information content (AvgIpc) is 3.03. The summed E-state index contributed by atoms with van der Waals surface area (Å²) in [6.07, 6.45) is -0.698. The third-order valence-electron chi connectivity index (χ3n) is 4.95. The number of aliphatic hydroxyl groups is 1. The van der Waals surface area contributed by atoms with Crippen molar-refractivity contribution in [2.24, 2.45) is 0 Å². The Kier molecular flexibility index (Phi) is 5.93. The molecular weight excluding hydrogens is 376 g/mol. The predicted octanol–water partition coefficient (Wildman–Crippen LogP) is 1.69. The number of rotatable bonds is 7. The van der Waals surface area contributed by atoms with Crippen molar-refractivity contribution in [2.75, 3.05) is 39.8 Å². The summed E-state index contributed by atoms with van der Waals surface area (Å²) in [4.78, 5) is 25.9. The number of hydrogen-bond acceptors (Lipinski definition) is 6. The molecule has 2 N–H and O–H groups in total. The quantitative estimate of drug-likeness (QED) is 0.734. The van der Waals surface area contributed by atoms with Crippen molar-refractivity contribution in [3.8, 4) is 17.2 Å². The second-order valence-electron chi connectivity index (χ2n) is 6.66. The zero-order chi connectivity index (χ0) is 21.1. The van der Waals surface area contributed by atoms with Crippen LogP contribution in [0.3, 0.4) is 0 Å². The number of aliphatic hydroxyl groups excluding tert-OH is 1. The molecule has 1 aliphatic rings. The van der Waals surface area contributed by atoms with E-state index in [9.17, 15) is 14.7 Å². The zero-order valence-corrected chi connectivity index (χ0v) is 16.8. The minimum absolute atomic E-state index is 0.00428. The molecule has 2 aromatic carbocycles. The van der Waals surface area contributed by atoms with Gasteiger partial charge in [0.15, 0.2) is 11.5 Å². The summed E-state index contributed by atoms with van der Waals surface area (Å²) in [6, 6.07) is 8.39. The van der Waals surface area contributed by atoms with Crippen LogP contribution >= 0.6 is 0 Å². The van der Waals surface area contributed by atoms with Gasteiger partial charge in [-0.15, -0.1) is 0 Å². The number of amides is 2. The molecule has 2 amide bonds. The fourth-order valence-electron chi connectivity index (χ4n) is 3.31. The minimum Gasteiger partial charge on any atom is -0.493 e. The number of benzene rings is 2. The van der Waals surface area contributed by atoms with Crippen LogP contribution in [0.4, 0.5) is 5.69 Å². The van der Waals surface area contributed by atoms with E-state index in [1.807, 2.05) is 0 Å². The topological polar surface area (TPSA) is 97.3 Å². The molecule has 1 atom stereocenters. The Balaban J connectivity index is 1.71. The Hall–Kier alpha value is -3.26. The minimum atomic E-state index is -0.977. The van der Waals surface area contributed by atoms with Crippen molar-refractivity contribution in [3.63, 3.8) is 0 Å². The summed E-state index contributed by atoms with van der Waals surface area (Å²) in [5.74, 6) is 0.920. The largest absolute Gasteiger partial charge is 0.493 e. The standard InChI is InChI=1S/C21H24N2O6/c1-23-15-6-5-12(7-13(15)10-19(23)25)21(26)22-11-16(24)14-8-17(27-2)20(29-4)18(9-14)28-3/h5-9,16,24H,10-11H2,1-4H3,(H,22,26). The maximum absolute atomic E-state index is 12.5. The first kappa shape index (κ1) is 20.5. The average molecular weight is 400 g/mol. The molecule has 8 heteroatoms. The van der Waals surface area contributed by atoms with Crippen molar-refractivity contribution < 1.29 is 28.9 Å². The van der Waals surface area contributed by atoms with Crippen LogP contribution < -0.4 is 24.4 Å². The highest BCUT2D eigenvalue weighted by atomic mass is 16.5. The smallest absolute Gasteiger partial charge is 0.251 e. The van der Waals surface area contributed by atoms with Crippen LogP contribution in [0, 0.1) is 0 Å². The van der Waals surface area contributed by atoms with Gasteiger partial charge in [-0.05, 0) is 41.5 Å². The lowest BCUT2D eigenvalue weighted by Crippen LogP contribution is -2.28. The molecule has 2 aromatic rings. The molecule has 1 heterocycles. The summed E-state index contributed by atoms with van der Waals surface area (Å²) < 4.78 is 15.9. The number of ether oxygens (including phenoxy) is 3. The molecule has 0 spiro atoms. The molecule has 0 aromatic heterocycles. The van der Waals surface area contributed by atoms with Gasteiger partial charge in [0.1, 0.15) is 0 Å². The SMILES string of the molecule is COc1cc(C(O)CNC(=O)c2ccc3c(c2)CC(=O)N3C)cc(OC)c1OC. The fourth-order valence-corrected chi connectivity index (χ4v) is 3.31. The molecule has 0 saturated heterocycles. The van der Waals surface area contributed by atoms with Crippen LogP contribution in [0.15, 0.2) is 30.3 Å². The summed E-state index contributed by atoms with van der Waals surface area (Å²) in [5.41, 5.74) is 2.57. The van der Waals surface area contributed by atoms with Crippen molar-refractivity contribution in [3.05, 3.63) is 47.0 Å². The lowest BCUT2D eigenvalue weighted by Gasteiger charge is -2.17. The van der Waals surface area contributed by atoms with Crippen LogP contribution in [-0.4, -0.2) is 51.8 Å². The summed E-state index contributed by atoms with van der Waals surface area (Å²) >= 11 is 0. The molecule has 1 unspecified atom stereocenters. The summed E-state index contributed by atoms with van der Waals surface area (Å²) in [7, 11) is 6.19. The predicted molar refractivity (Wildman–Crippen MR) is 107 cm³/mol. The summed E-state index contributed by atoms with van der Waals surface area (Å²) in [6.45, 7) is -0.00656. The number of methoxy groups -OCH3 is 3. The van der Waals surface area contributed by atoms with Crippen LogP contribution in [0.5, 0.6) is 17.2 Å². The lowest BCUT2D eigenvalue weighted by atomic mass is 10.1. The Morgan fingerprint density at radius 1 is 1.14 bits per heavy atom. The lowest BCUT2D eigenvalue weighted by molar-refractivity contribution is -0.117. The summed E-state index contributed by atoms with van der Waals surface area (Å²) in [5, 5.41) is 13.2. The molecule has 1 aliphatic heterocycles. The van der Waals surface area contributed by atoms with Gasteiger partial charge in [0.05, 0.1) is 33.9 Å². The number of nitrogens with zero attached hydrogens (tertiary/aromatic N) is 1. The van der Waals surface area contributed by atoms with E-state index in [1.165, 1.54) is 21.3 Å². The van der Waals surface area contributed by atoms with Gasteiger partial charge in [0, 0.05) is 24.8 Å². The van der Waals surface area contributed by atoms with Crippen molar-refractivity contribution >= 4 is 17.5 Å². The highest BCUT2D eigenvalue weighted by Crippen LogP contribution is 2.39. The van der Waals surface area contributed by atoms with Gasteiger partial charge in [-0.1, -0.05) is 0 Å². The van der Waals surface area contributed by atoms with Gasteiger partial charge in [-0.3, -0.25) is 9.59 Å². The first-order valence-corrected chi connectivity index (χ1v) is 9.05. The maximum atomic E-state index is 12.5. The molecule has 8 nitrogen and oxygen atoms in total. The van der Waals surface area contributed by atoms with Crippen LogP contribution in [-0.2, 0) is 11.2 Å². The van der Waals surface area contributed by atoms with E-state index in [-0.39, 0.29) is 24.8 Å². The Morgan fingerprint density at radius 3 is 2.38 bits per heavy atom. The second kappa shape index (κ2) is 8.40. The van der Waals surface area contributed by atoms with E-state index >= 15 is 0 Å². The van der Waals surface area contributed by atoms with Gasteiger partial charge < -0.3 is 29.5 Å². The van der Waals surface area contributed by atoms with Crippen LogP contribution in [0.1, 0.15) is 27.6 Å². The molecule has 0 bridgehead atoms. The molecular formula is C21H24N2O6. The Morgan fingerprint density at radius 2 is 1.79 bits per heavy atom. The Labute approximate surface area is 169 Å². The molecule has 29 heavy (non-hydrogen) atoms. The third-order valence-corrected chi connectivity index (χ3v) is 4.95. The van der Waals surface area contributed by atoms with Gasteiger partial charge in [0.2, 0.25) is 11.7 Å². The number of carbonyl (C=O) groups is 2. The number of carbonyl (C=O) groups excluding carboxylic acids is 2. The van der Waals surface area contributed by atoms with Crippen molar-refractivity contribution in [1.29, 1.82) is 0 Å². The monoisotopic (exact) mass is 400 g/mol. The molecule has 154 valence electrons. The van der Waals surface area contributed by atoms with E-state index in [0.717, 1.165) is 11.3 Å². The molecule has 3 rings (SSSR count). The highest BCUT2D eigenvalue weighted by Gasteiger charge is 2.25. The van der Waals surface area contributed by atoms with E-state index in [4.69, 9.17) is 14.2 Å². The zero-order valence-electron chi connectivity index (χ0n) is 16.8. The van der Waals surface area contributed by atoms with Crippen molar-refractivity contribution in [1.82, 2.24) is 5.32 Å². The second-order valence-corrected chi connectivity index (χ2v) is 6.66. The normalized spacial score (nSPS) is 13.7.